The van der Waals surface area contributed by atoms with Crippen LogP contribution in [0.3, 0.4) is 0 Å². The molecule has 1 aliphatic rings. The fourth-order valence-corrected chi connectivity index (χ4v) is 4.82. The van der Waals surface area contributed by atoms with E-state index in [-0.39, 0.29) is 18.0 Å². The van der Waals surface area contributed by atoms with Gasteiger partial charge in [0.1, 0.15) is 23.2 Å². The van der Waals surface area contributed by atoms with Crippen LogP contribution in [0.2, 0.25) is 5.02 Å². The number of anilines is 1. The standard InChI is InChI=1S/C24H28ClN5O3S/c1-26-9-8-20(21-5-4-12-34-21)33-17-7-6-16(19(25)13-17)15-30-11-10-29(2)22-18(23(30)31)14-27-24(28-22)32-3/h4-7,12-14,20,26H,8-11,15H2,1-3H3. The van der Waals surface area contributed by atoms with Crippen LogP contribution < -0.4 is 19.7 Å². The molecule has 0 bridgehead atoms. The number of halogens is 1. The van der Waals surface area contributed by atoms with Crippen LogP contribution >= 0.6 is 22.9 Å². The molecule has 0 saturated heterocycles. The normalized spacial score (nSPS) is 14.5. The summed E-state index contributed by atoms with van der Waals surface area (Å²) >= 11 is 8.32. The second-order valence-electron chi connectivity index (χ2n) is 8.01. The summed E-state index contributed by atoms with van der Waals surface area (Å²) < 4.78 is 11.4. The number of thiophene rings is 1. The highest BCUT2D eigenvalue weighted by Gasteiger charge is 2.28. The SMILES string of the molecule is CNCCC(Oc1ccc(CN2CCN(C)c3nc(OC)ncc3C2=O)c(Cl)c1)c1cccs1. The molecule has 4 rings (SSSR count). The number of nitrogens with one attached hydrogen (secondary N) is 1. The zero-order chi connectivity index (χ0) is 24.1. The van der Waals surface area contributed by atoms with Gasteiger partial charge in [0.15, 0.2) is 0 Å². The highest BCUT2D eigenvalue weighted by Crippen LogP contribution is 2.32. The summed E-state index contributed by atoms with van der Waals surface area (Å²) in [7, 11) is 5.34. The molecule has 0 fully saturated rings. The molecule has 1 unspecified atom stereocenters. The molecule has 0 spiro atoms. The maximum absolute atomic E-state index is 13.2. The van der Waals surface area contributed by atoms with Gasteiger partial charge in [0.2, 0.25) is 0 Å². The third-order valence-corrected chi connectivity index (χ3v) is 7.01. The second kappa shape index (κ2) is 11.0. The minimum absolute atomic E-state index is 0.0504. The maximum atomic E-state index is 13.2. The van der Waals surface area contributed by atoms with Crippen LogP contribution in [0.4, 0.5) is 5.82 Å². The van der Waals surface area contributed by atoms with Crippen LogP contribution in [0.15, 0.2) is 41.9 Å². The van der Waals surface area contributed by atoms with Crippen LogP contribution in [0.1, 0.15) is 33.3 Å². The molecule has 3 heterocycles. The Bertz CT molecular complexity index is 1130. The molecule has 1 N–H and O–H groups in total. The van der Waals surface area contributed by atoms with Gasteiger partial charge in [0.05, 0.1) is 7.11 Å². The largest absolute Gasteiger partial charge is 0.485 e. The van der Waals surface area contributed by atoms with Gasteiger partial charge in [0.25, 0.3) is 5.91 Å². The average Bonchev–Trinajstić information content (AvgIpc) is 3.36. The first-order chi connectivity index (χ1) is 16.5. The number of amides is 1. The quantitative estimate of drug-likeness (QED) is 0.474. The van der Waals surface area contributed by atoms with Gasteiger partial charge in [-0.15, -0.1) is 11.3 Å². The third-order valence-electron chi connectivity index (χ3n) is 5.69. The van der Waals surface area contributed by atoms with Crippen LogP contribution in [0, 0.1) is 0 Å². The summed E-state index contributed by atoms with van der Waals surface area (Å²) in [5.74, 6) is 1.13. The van der Waals surface area contributed by atoms with Gasteiger partial charge in [-0.3, -0.25) is 4.79 Å². The van der Waals surface area contributed by atoms with Crippen molar-refractivity contribution in [1.29, 1.82) is 0 Å². The first-order valence-corrected chi connectivity index (χ1v) is 12.3. The molecule has 1 aromatic carbocycles. The fourth-order valence-electron chi connectivity index (χ4n) is 3.81. The van der Waals surface area contributed by atoms with E-state index in [2.05, 4.69) is 26.7 Å². The van der Waals surface area contributed by atoms with Gasteiger partial charge in [-0.1, -0.05) is 23.7 Å². The van der Waals surface area contributed by atoms with E-state index in [0.717, 1.165) is 18.5 Å². The fraction of sp³-hybridized carbons (Fsp3) is 0.375. The molecule has 1 aliphatic heterocycles. The van der Waals surface area contributed by atoms with Gasteiger partial charge in [-0.2, -0.15) is 4.98 Å². The Morgan fingerprint density at radius 3 is 2.85 bits per heavy atom. The molecule has 0 aliphatic carbocycles. The summed E-state index contributed by atoms with van der Waals surface area (Å²) in [4.78, 5) is 26.6. The zero-order valence-electron chi connectivity index (χ0n) is 19.5. The van der Waals surface area contributed by atoms with Gasteiger partial charge < -0.3 is 24.6 Å². The number of hydrogen-bond donors (Lipinski definition) is 1. The number of nitrogens with zero attached hydrogens (tertiary/aromatic N) is 4. The number of rotatable bonds is 9. The van der Waals surface area contributed by atoms with Crippen molar-refractivity contribution in [2.45, 2.75) is 19.1 Å². The van der Waals surface area contributed by atoms with Crippen molar-refractivity contribution in [3.63, 3.8) is 0 Å². The lowest BCUT2D eigenvalue weighted by atomic mass is 10.1. The molecule has 10 heteroatoms. The molecule has 1 amide bonds. The van der Waals surface area contributed by atoms with E-state index in [1.165, 1.54) is 18.2 Å². The minimum Gasteiger partial charge on any atom is -0.485 e. The van der Waals surface area contributed by atoms with Gasteiger partial charge in [-0.05, 0) is 42.7 Å². The molecule has 34 heavy (non-hydrogen) atoms. The van der Waals surface area contributed by atoms with E-state index >= 15 is 0 Å². The molecule has 8 nitrogen and oxygen atoms in total. The number of carbonyl (C=O) groups excluding carboxylic acids is 1. The molecule has 1 atom stereocenters. The first kappa shape index (κ1) is 24.3. The van der Waals surface area contributed by atoms with E-state index in [4.69, 9.17) is 21.1 Å². The molecule has 0 saturated carbocycles. The molecule has 180 valence electrons. The molecule has 2 aromatic heterocycles. The maximum Gasteiger partial charge on any atom is 0.318 e. The number of aromatic nitrogens is 2. The van der Waals surface area contributed by atoms with Crippen molar-refractivity contribution in [2.24, 2.45) is 0 Å². The highest BCUT2D eigenvalue weighted by molar-refractivity contribution is 7.10. The van der Waals surface area contributed by atoms with Gasteiger partial charge in [-0.25, -0.2) is 4.98 Å². The summed E-state index contributed by atoms with van der Waals surface area (Å²) in [6.07, 6.45) is 2.32. The number of benzene rings is 1. The Morgan fingerprint density at radius 1 is 1.29 bits per heavy atom. The zero-order valence-corrected chi connectivity index (χ0v) is 21.0. The number of likely N-dealkylation sites (N-methyl/N-ethyl adjacent to an activating group) is 1. The van der Waals surface area contributed by atoms with Gasteiger partial charge in [0, 0.05) is 49.2 Å². The van der Waals surface area contributed by atoms with E-state index in [0.29, 0.717) is 41.8 Å². The van der Waals surface area contributed by atoms with Crippen LogP contribution in [-0.4, -0.2) is 61.6 Å². The lowest BCUT2D eigenvalue weighted by Gasteiger charge is -2.22. The molecular weight excluding hydrogens is 474 g/mol. The highest BCUT2D eigenvalue weighted by atomic mass is 35.5. The van der Waals surface area contributed by atoms with E-state index in [1.807, 2.05) is 43.3 Å². The Morgan fingerprint density at radius 2 is 2.15 bits per heavy atom. The van der Waals surface area contributed by atoms with Crippen LogP contribution in [0.5, 0.6) is 11.8 Å². The van der Waals surface area contributed by atoms with E-state index < -0.39 is 0 Å². The van der Waals surface area contributed by atoms with Gasteiger partial charge >= 0.3 is 6.01 Å². The topological polar surface area (TPSA) is 79.8 Å². The number of carbonyl (C=O) groups is 1. The Kier molecular flexibility index (Phi) is 7.87. The van der Waals surface area contributed by atoms with Crippen LogP contribution in [0.25, 0.3) is 0 Å². The van der Waals surface area contributed by atoms with E-state index in [1.54, 1.807) is 16.2 Å². The third kappa shape index (κ3) is 5.43. The Balaban J connectivity index is 1.50. The summed E-state index contributed by atoms with van der Waals surface area (Å²) in [6.45, 7) is 2.39. The number of hydrogen-bond acceptors (Lipinski definition) is 8. The van der Waals surface area contributed by atoms with Crippen molar-refractivity contribution < 1.29 is 14.3 Å². The Labute approximate surface area is 208 Å². The predicted octanol–water partition coefficient (Wildman–Crippen LogP) is 4.02. The molecule has 3 aromatic rings. The molecule has 0 radical (unpaired) electrons. The van der Waals surface area contributed by atoms with Crippen molar-refractivity contribution in [1.82, 2.24) is 20.2 Å². The summed E-state index contributed by atoms with van der Waals surface area (Å²) in [5, 5.41) is 5.79. The van der Waals surface area contributed by atoms with Crippen molar-refractivity contribution >= 4 is 34.7 Å². The number of methoxy groups -OCH3 is 1. The summed E-state index contributed by atoms with van der Waals surface area (Å²) in [6, 6.07) is 10.0. The van der Waals surface area contributed by atoms with E-state index in [9.17, 15) is 4.79 Å². The lowest BCUT2D eigenvalue weighted by molar-refractivity contribution is 0.0754. The van der Waals surface area contributed by atoms with Crippen molar-refractivity contribution in [3.8, 4) is 11.8 Å². The van der Waals surface area contributed by atoms with Crippen molar-refractivity contribution in [2.75, 3.05) is 45.7 Å². The predicted molar refractivity (Wildman–Crippen MR) is 134 cm³/mol. The smallest absolute Gasteiger partial charge is 0.318 e. The number of fused-ring (bicyclic) bond motifs is 1. The Hall–Kier alpha value is -2.88. The summed E-state index contributed by atoms with van der Waals surface area (Å²) in [5.41, 5.74) is 1.30. The minimum atomic E-state index is -0.136. The van der Waals surface area contributed by atoms with Crippen molar-refractivity contribution in [3.05, 3.63) is 62.9 Å². The van der Waals surface area contributed by atoms with Crippen LogP contribution in [-0.2, 0) is 6.54 Å². The monoisotopic (exact) mass is 501 g/mol. The average molecular weight is 502 g/mol. The number of ether oxygens (including phenoxy) is 2. The first-order valence-electron chi connectivity index (χ1n) is 11.0. The second-order valence-corrected chi connectivity index (χ2v) is 9.40. The molecular formula is C24H28ClN5O3S. The lowest BCUT2D eigenvalue weighted by Crippen LogP contribution is -2.33.